The lowest BCUT2D eigenvalue weighted by Crippen LogP contribution is -2.40. The van der Waals surface area contributed by atoms with E-state index >= 15 is 0 Å². The van der Waals surface area contributed by atoms with Crippen LogP contribution < -0.4 is 5.32 Å². The first-order valence-electron chi connectivity index (χ1n) is 6.10. The van der Waals surface area contributed by atoms with Crippen molar-refractivity contribution in [1.29, 1.82) is 0 Å². The molecule has 8 heteroatoms. The van der Waals surface area contributed by atoms with Gasteiger partial charge in [-0.05, 0) is 18.6 Å². The maximum atomic E-state index is 11.9. The molecule has 1 aliphatic heterocycles. The fourth-order valence-electron chi connectivity index (χ4n) is 1.91. The average Bonchev–Trinajstić information content (AvgIpc) is 3.01. The van der Waals surface area contributed by atoms with Crippen molar-refractivity contribution in [3.63, 3.8) is 0 Å². The van der Waals surface area contributed by atoms with Gasteiger partial charge in [0.2, 0.25) is 5.95 Å². The molecule has 104 valence electrons. The van der Waals surface area contributed by atoms with Crippen molar-refractivity contribution in [2.45, 2.75) is 18.1 Å². The lowest BCUT2D eigenvalue weighted by atomic mass is 10.2. The molecule has 0 radical (unpaired) electrons. The Kier molecular flexibility index (Phi) is 4.41. The highest BCUT2D eigenvalue weighted by atomic mass is 32.2. The lowest BCUT2D eigenvalue weighted by molar-refractivity contribution is -0.142. The Hall–Kier alpha value is -1.57. The molecule has 0 bridgehead atoms. The molecule has 1 aliphatic rings. The third kappa shape index (κ3) is 3.46. The number of aromatic nitrogens is 3. The van der Waals surface area contributed by atoms with E-state index in [0.717, 1.165) is 12.2 Å². The SMILES string of the molecule is CN(CC1CCCS1)C(=O)C(=O)Nc1ncnn1C. The lowest BCUT2D eigenvalue weighted by Gasteiger charge is -2.19. The number of nitrogens with one attached hydrogen (secondary N) is 1. The highest BCUT2D eigenvalue weighted by molar-refractivity contribution is 8.00. The highest BCUT2D eigenvalue weighted by Gasteiger charge is 2.24. The first kappa shape index (κ1) is 13.9. The maximum Gasteiger partial charge on any atom is 0.316 e. The molecule has 2 heterocycles. The van der Waals surface area contributed by atoms with Crippen LogP contribution in [0.1, 0.15) is 12.8 Å². The number of likely N-dealkylation sites (N-methyl/N-ethyl adjacent to an activating group) is 1. The molecule has 19 heavy (non-hydrogen) atoms. The number of nitrogens with zero attached hydrogens (tertiary/aromatic N) is 4. The molecular formula is C11H17N5O2S. The number of amides is 2. The van der Waals surface area contributed by atoms with Crippen LogP contribution in [0.25, 0.3) is 0 Å². The Balaban J connectivity index is 1.87. The normalized spacial score (nSPS) is 18.3. The molecule has 1 N–H and O–H groups in total. The van der Waals surface area contributed by atoms with Gasteiger partial charge in [0, 0.05) is 25.9 Å². The Morgan fingerprint density at radius 2 is 2.42 bits per heavy atom. The van der Waals surface area contributed by atoms with Gasteiger partial charge in [-0.15, -0.1) is 0 Å². The zero-order valence-corrected chi connectivity index (χ0v) is 11.8. The van der Waals surface area contributed by atoms with Crippen LogP contribution in [0.3, 0.4) is 0 Å². The molecule has 1 aromatic rings. The van der Waals surface area contributed by atoms with E-state index in [9.17, 15) is 9.59 Å². The third-order valence-corrected chi connectivity index (χ3v) is 4.36. The van der Waals surface area contributed by atoms with E-state index < -0.39 is 11.8 Å². The molecule has 0 saturated carbocycles. The summed E-state index contributed by atoms with van der Waals surface area (Å²) in [6.45, 7) is 0.607. The van der Waals surface area contributed by atoms with E-state index in [4.69, 9.17) is 0 Å². The molecule has 7 nitrogen and oxygen atoms in total. The summed E-state index contributed by atoms with van der Waals surface area (Å²) in [5.41, 5.74) is 0. The number of carbonyl (C=O) groups excluding carboxylic acids is 2. The van der Waals surface area contributed by atoms with Gasteiger partial charge in [-0.1, -0.05) is 0 Å². The summed E-state index contributed by atoms with van der Waals surface area (Å²) in [6, 6.07) is 0. The summed E-state index contributed by atoms with van der Waals surface area (Å²) in [4.78, 5) is 29.0. The van der Waals surface area contributed by atoms with Crippen LogP contribution in [0.4, 0.5) is 5.95 Å². The number of hydrogen-bond donors (Lipinski definition) is 1. The predicted molar refractivity (Wildman–Crippen MR) is 72.7 cm³/mol. The second-order valence-corrected chi connectivity index (χ2v) is 5.89. The van der Waals surface area contributed by atoms with Crippen molar-refractivity contribution >= 4 is 29.5 Å². The molecule has 0 aromatic carbocycles. The van der Waals surface area contributed by atoms with E-state index in [0.29, 0.717) is 11.8 Å². The van der Waals surface area contributed by atoms with Crippen LogP contribution in [-0.2, 0) is 16.6 Å². The highest BCUT2D eigenvalue weighted by Crippen LogP contribution is 2.26. The van der Waals surface area contributed by atoms with Gasteiger partial charge >= 0.3 is 11.8 Å². The number of thioether (sulfide) groups is 1. The number of anilines is 1. The smallest absolute Gasteiger partial charge is 0.316 e. The van der Waals surface area contributed by atoms with Crippen molar-refractivity contribution in [2.24, 2.45) is 7.05 Å². The van der Waals surface area contributed by atoms with E-state index in [-0.39, 0.29) is 5.95 Å². The fraction of sp³-hybridized carbons (Fsp3) is 0.636. The molecular weight excluding hydrogens is 266 g/mol. The van der Waals surface area contributed by atoms with Gasteiger partial charge in [0.15, 0.2) is 0 Å². The van der Waals surface area contributed by atoms with E-state index in [1.54, 1.807) is 14.1 Å². The summed E-state index contributed by atoms with van der Waals surface area (Å²) < 4.78 is 1.40. The minimum Gasteiger partial charge on any atom is -0.336 e. The number of aryl methyl sites for hydroxylation is 1. The standard InChI is InChI=1S/C11H17N5O2S/c1-15(6-8-4-3-5-19-8)10(18)9(17)14-11-12-7-13-16(11)2/h7-8H,3-6H2,1-2H3,(H,12,13,14,17). The van der Waals surface area contributed by atoms with E-state index in [1.807, 2.05) is 11.8 Å². The number of hydrogen-bond acceptors (Lipinski definition) is 5. The molecule has 0 spiro atoms. The number of rotatable bonds is 3. The summed E-state index contributed by atoms with van der Waals surface area (Å²) >= 11 is 1.86. The summed E-state index contributed by atoms with van der Waals surface area (Å²) in [5.74, 6) is 0.178. The molecule has 1 saturated heterocycles. The summed E-state index contributed by atoms with van der Waals surface area (Å²) in [6.07, 6.45) is 3.61. The molecule has 0 aliphatic carbocycles. The molecule has 2 amide bonds. The Morgan fingerprint density at radius 1 is 1.63 bits per heavy atom. The monoisotopic (exact) mass is 283 g/mol. The van der Waals surface area contributed by atoms with Crippen LogP contribution >= 0.6 is 11.8 Å². The van der Waals surface area contributed by atoms with E-state index in [1.165, 1.54) is 22.3 Å². The molecule has 1 aromatic heterocycles. The van der Waals surface area contributed by atoms with Gasteiger partial charge in [-0.2, -0.15) is 21.8 Å². The first-order valence-corrected chi connectivity index (χ1v) is 7.15. The van der Waals surface area contributed by atoms with Crippen molar-refractivity contribution < 1.29 is 9.59 Å². The molecule has 1 atom stereocenters. The topological polar surface area (TPSA) is 80.1 Å². The second-order valence-electron chi connectivity index (χ2n) is 4.48. The summed E-state index contributed by atoms with van der Waals surface area (Å²) in [5, 5.41) is 6.71. The number of carbonyl (C=O) groups is 2. The van der Waals surface area contributed by atoms with Gasteiger partial charge in [0.25, 0.3) is 0 Å². The van der Waals surface area contributed by atoms with Gasteiger partial charge < -0.3 is 4.90 Å². The maximum absolute atomic E-state index is 11.9. The largest absolute Gasteiger partial charge is 0.336 e. The van der Waals surface area contributed by atoms with Crippen LogP contribution in [0.2, 0.25) is 0 Å². The zero-order valence-electron chi connectivity index (χ0n) is 11.0. The molecule has 2 rings (SSSR count). The first-order chi connectivity index (χ1) is 9.08. The van der Waals surface area contributed by atoms with Crippen LogP contribution in [0.15, 0.2) is 6.33 Å². The average molecular weight is 283 g/mol. The van der Waals surface area contributed by atoms with Crippen LogP contribution in [0, 0.1) is 0 Å². The Labute approximate surface area is 115 Å². The molecule has 1 unspecified atom stereocenters. The van der Waals surface area contributed by atoms with Crippen LogP contribution in [0.5, 0.6) is 0 Å². The fourth-order valence-corrected chi connectivity index (χ4v) is 3.24. The van der Waals surface area contributed by atoms with E-state index in [2.05, 4.69) is 15.4 Å². The van der Waals surface area contributed by atoms with Gasteiger partial charge in [-0.25, -0.2) is 4.68 Å². The van der Waals surface area contributed by atoms with Crippen molar-refractivity contribution in [2.75, 3.05) is 24.7 Å². The second kappa shape index (κ2) is 6.05. The van der Waals surface area contributed by atoms with Gasteiger partial charge in [0.05, 0.1) is 0 Å². The third-order valence-electron chi connectivity index (χ3n) is 2.98. The van der Waals surface area contributed by atoms with Gasteiger partial charge in [0.1, 0.15) is 6.33 Å². The molecule has 1 fully saturated rings. The zero-order chi connectivity index (χ0) is 13.8. The minimum atomic E-state index is -0.679. The minimum absolute atomic E-state index is 0.266. The Bertz CT molecular complexity index is 469. The summed E-state index contributed by atoms with van der Waals surface area (Å²) in [7, 11) is 3.30. The van der Waals surface area contributed by atoms with Gasteiger partial charge in [-0.3, -0.25) is 14.9 Å². The Morgan fingerprint density at radius 3 is 3.00 bits per heavy atom. The van der Waals surface area contributed by atoms with Crippen LogP contribution in [-0.4, -0.2) is 56.1 Å². The van der Waals surface area contributed by atoms with Crippen molar-refractivity contribution in [3.8, 4) is 0 Å². The van der Waals surface area contributed by atoms with Crippen molar-refractivity contribution in [3.05, 3.63) is 6.33 Å². The van der Waals surface area contributed by atoms with Crippen molar-refractivity contribution in [1.82, 2.24) is 19.7 Å². The quantitative estimate of drug-likeness (QED) is 0.796. The predicted octanol–water partition coefficient (Wildman–Crippen LogP) is 0.108.